The Balaban J connectivity index is 2.51. The SMILES string of the molecule is COc1ccc(OC)c(C2(CC(=O)O)CC2)c1F. The first-order valence-corrected chi connectivity index (χ1v) is 5.67. The van der Waals surface area contributed by atoms with Gasteiger partial charge in [0.2, 0.25) is 0 Å². The van der Waals surface area contributed by atoms with E-state index in [1.54, 1.807) is 6.07 Å². The molecule has 1 N–H and O–H groups in total. The van der Waals surface area contributed by atoms with Gasteiger partial charge < -0.3 is 14.6 Å². The summed E-state index contributed by atoms with van der Waals surface area (Å²) in [6, 6.07) is 3.09. The van der Waals surface area contributed by atoms with Gasteiger partial charge in [-0.05, 0) is 25.0 Å². The molecule has 1 aliphatic carbocycles. The van der Waals surface area contributed by atoms with Gasteiger partial charge in [-0.3, -0.25) is 4.79 Å². The number of aliphatic carboxylic acids is 1. The van der Waals surface area contributed by atoms with Gasteiger partial charge in [0.1, 0.15) is 5.75 Å². The van der Waals surface area contributed by atoms with Crippen molar-refractivity contribution in [1.29, 1.82) is 0 Å². The molecule has 18 heavy (non-hydrogen) atoms. The van der Waals surface area contributed by atoms with E-state index in [1.165, 1.54) is 20.3 Å². The number of halogens is 1. The molecule has 5 heteroatoms. The molecule has 1 aromatic rings. The van der Waals surface area contributed by atoms with E-state index in [1.807, 2.05) is 0 Å². The predicted molar refractivity (Wildman–Crippen MR) is 62.7 cm³/mol. The van der Waals surface area contributed by atoms with Crippen molar-refractivity contribution in [3.05, 3.63) is 23.5 Å². The maximum atomic E-state index is 14.3. The van der Waals surface area contributed by atoms with Crippen LogP contribution in [0.5, 0.6) is 11.5 Å². The molecule has 1 aromatic carbocycles. The van der Waals surface area contributed by atoms with Crippen LogP contribution in [0.1, 0.15) is 24.8 Å². The topological polar surface area (TPSA) is 55.8 Å². The second-order valence-corrected chi connectivity index (χ2v) is 4.51. The summed E-state index contributed by atoms with van der Waals surface area (Å²) >= 11 is 0. The smallest absolute Gasteiger partial charge is 0.304 e. The lowest BCUT2D eigenvalue weighted by Crippen LogP contribution is -2.16. The molecule has 0 aliphatic heterocycles. The second-order valence-electron chi connectivity index (χ2n) is 4.51. The van der Waals surface area contributed by atoms with Gasteiger partial charge in [-0.2, -0.15) is 0 Å². The number of carboxylic acids is 1. The summed E-state index contributed by atoms with van der Waals surface area (Å²) in [5.74, 6) is -0.957. The number of ether oxygens (including phenoxy) is 2. The van der Waals surface area contributed by atoms with E-state index < -0.39 is 17.2 Å². The summed E-state index contributed by atoms with van der Waals surface area (Å²) in [7, 11) is 2.83. The Morgan fingerprint density at radius 1 is 1.33 bits per heavy atom. The lowest BCUT2D eigenvalue weighted by molar-refractivity contribution is -0.137. The fraction of sp³-hybridized carbons (Fsp3) is 0.462. The van der Waals surface area contributed by atoms with E-state index in [2.05, 4.69) is 0 Å². The Morgan fingerprint density at radius 3 is 2.33 bits per heavy atom. The van der Waals surface area contributed by atoms with Crippen molar-refractivity contribution >= 4 is 5.97 Å². The van der Waals surface area contributed by atoms with Gasteiger partial charge >= 0.3 is 5.97 Å². The molecule has 1 fully saturated rings. The van der Waals surface area contributed by atoms with Gasteiger partial charge in [0.25, 0.3) is 0 Å². The molecule has 0 aromatic heterocycles. The van der Waals surface area contributed by atoms with Gasteiger partial charge in [0, 0.05) is 11.0 Å². The summed E-state index contributed by atoms with van der Waals surface area (Å²) in [4.78, 5) is 10.9. The van der Waals surface area contributed by atoms with Crippen LogP contribution in [0.4, 0.5) is 4.39 Å². The second kappa shape index (κ2) is 4.48. The van der Waals surface area contributed by atoms with E-state index in [-0.39, 0.29) is 12.2 Å². The standard InChI is InChI=1S/C13H15FO4/c1-17-8-3-4-9(18-2)12(14)11(8)13(5-6-13)7-10(15)16/h3-4H,5-7H2,1-2H3,(H,15,16). The minimum Gasteiger partial charge on any atom is -0.496 e. The van der Waals surface area contributed by atoms with Gasteiger partial charge in [-0.1, -0.05) is 0 Å². The van der Waals surface area contributed by atoms with E-state index in [0.29, 0.717) is 24.2 Å². The van der Waals surface area contributed by atoms with Crippen molar-refractivity contribution in [1.82, 2.24) is 0 Å². The van der Waals surface area contributed by atoms with E-state index in [0.717, 1.165) is 0 Å². The highest BCUT2D eigenvalue weighted by Crippen LogP contribution is 2.55. The van der Waals surface area contributed by atoms with E-state index >= 15 is 0 Å². The quantitative estimate of drug-likeness (QED) is 0.876. The summed E-state index contributed by atoms with van der Waals surface area (Å²) in [6.07, 6.45) is 1.22. The first-order chi connectivity index (χ1) is 8.54. The van der Waals surface area contributed by atoms with Crippen molar-refractivity contribution in [2.24, 2.45) is 0 Å². The highest BCUT2D eigenvalue weighted by atomic mass is 19.1. The minimum absolute atomic E-state index is 0.0898. The number of hydrogen-bond acceptors (Lipinski definition) is 3. The lowest BCUT2D eigenvalue weighted by Gasteiger charge is -2.19. The van der Waals surface area contributed by atoms with Crippen molar-refractivity contribution in [3.63, 3.8) is 0 Å². The van der Waals surface area contributed by atoms with Crippen molar-refractivity contribution in [2.45, 2.75) is 24.7 Å². The van der Waals surface area contributed by atoms with Crippen molar-refractivity contribution in [2.75, 3.05) is 14.2 Å². The molecule has 4 nitrogen and oxygen atoms in total. The highest BCUT2D eigenvalue weighted by molar-refractivity contribution is 5.71. The molecular weight excluding hydrogens is 239 g/mol. The number of carboxylic acid groups (broad SMARTS) is 1. The Kier molecular flexibility index (Phi) is 3.15. The van der Waals surface area contributed by atoms with E-state index in [4.69, 9.17) is 14.6 Å². The summed E-state index contributed by atoms with van der Waals surface area (Å²) < 4.78 is 24.4. The monoisotopic (exact) mass is 254 g/mol. The van der Waals surface area contributed by atoms with E-state index in [9.17, 15) is 9.18 Å². The molecule has 0 amide bonds. The fourth-order valence-corrected chi connectivity index (χ4v) is 2.32. The Labute approximate surface area is 104 Å². The van der Waals surface area contributed by atoms with Crippen LogP contribution < -0.4 is 9.47 Å². The molecule has 98 valence electrons. The average Bonchev–Trinajstić information content (AvgIpc) is 3.08. The molecule has 0 radical (unpaired) electrons. The number of hydrogen-bond donors (Lipinski definition) is 1. The molecule has 0 bridgehead atoms. The molecule has 2 rings (SSSR count). The van der Waals surface area contributed by atoms with Gasteiger partial charge in [-0.25, -0.2) is 4.39 Å². The van der Waals surface area contributed by atoms with Crippen LogP contribution in [0, 0.1) is 5.82 Å². The minimum atomic E-state index is -0.934. The number of carbonyl (C=O) groups is 1. The van der Waals surface area contributed by atoms with Crippen LogP contribution in [-0.2, 0) is 10.2 Å². The molecule has 0 atom stereocenters. The zero-order valence-corrected chi connectivity index (χ0v) is 10.3. The third-order valence-corrected chi connectivity index (χ3v) is 3.38. The third kappa shape index (κ3) is 2.00. The third-order valence-electron chi connectivity index (χ3n) is 3.38. The van der Waals surface area contributed by atoms with Crippen LogP contribution in [0.3, 0.4) is 0 Å². The highest BCUT2D eigenvalue weighted by Gasteiger charge is 2.50. The molecule has 1 saturated carbocycles. The largest absolute Gasteiger partial charge is 0.496 e. The number of methoxy groups -OCH3 is 2. The number of benzene rings is 1. The van der Waals surface area contributed by atoms with Crippen LogP contribution >= 0.6 is 0 Å². The van der Waals surface area contributed by atoms with Gasteiger partial charge in [0.05, 0.1) is 20.6 Å². The molecule has 0 spiro atoms. The normalized spacial score (nSPS) is 16.2. The molecule has 0 heterocycles. The van der Waals surface area contributed by atoms with Gasteiger partial charge in [0.15, 0.2) is 11.6 Å². The lowest BCUT2D eigenvalue weighted by atomic mass is 9.90. The van der Waals surface area contributed by atoms with Gasteiger partial charge in [-0.15, -0.1) is 0 Å². The maximum Gasteiger partial charge on any atom is 0.304 e. The summed E-state index contributed by atoms with van der Waals surface area (Å²) in [5.41, 5.74) is -0.317. The fourth-order valence-electron chi connectivity index (χ4n) is 2.32. The first kappa shape index (κ1) is 12.7. The number of rotatable bonds is 5. The first-order valence-electron chi connectivity index (χ1n) is 5.67. The van der Waals surface area contributed by atoms with Crippen molar-refractivity contribution < 1.29 is 23.8 Å². The Bertz CT molecular complexity index is 480. The van der Waals surface area contributed by atoms with Crippen LogP contribution in [-0.4, -0.2) is 25.3 Å². The van der Waals surface area contributed by atoms with Crippen LogP contribution in [0.25, 0.3) is 0 Å². The molecule has 0 saturated heterocycles. The van der Waals surface area contributed by atoms with Crippen LogP contribution in [0.15, 0.2) is 12.1 Å². The molecule has 1 aliphatic rings. The zero-order chi connectivity index (χ0) is 13.3. The summed E-state index contributed by atoms with van der Waals surface area (Å²) in [5, 5.41) is 8.94. The molecule has 0 unspecified atom stereocenters. The Hall–Kier alpha value is -1.78. The average molecular weight is 254 g/mol. The Morgan fingerprint density at radius 2 is 1.89 bits per heavy atom. The predicted octanol–water partition coefficient (Wildman–Crippen LogP) is 2.35. The van der Waals surface area contributed by atoms with Crippen molar-refractivity contribution in [3.8, 4) is 11.5 Å². The summed E-state index contributed by atoms with van der Waals surface area (Å²) in [6.45, 7) is 0. The maximum absolute atomic E-state index is 14.3. The van der Waals surface area contributed by atoms with Crippen LogP contribution in [0.2, 0.25) is 0 Å². The molecular formula is C13H15FO4. The zero-order valence-electron chi connectivity index (χ0n) is 10.3.